The Morgan fingerprint density at radius 2 is 1.59 bits per heavy atom. The van der Waals surface area contributed by atoms with Gasteiger partial charge in [0, 0.05) is 46.2 Å². The molecule has 3 aromatic rings. The predicted molar refractivity (Wildman–Crippen MR) is 119 cm³/mol. The first-order valence-corrected chi connectivity index (χ1v) is 9.86. The van der Waals surface area contributed by atoms with E-state index in [0.29, 0.717) is 37.6 Å². The van der Waals surface area contributed by atoms with Gasteiger partial charge in [-0.3, -0.25) is 9.59 Å². The number of halogens is 4. The fourth-order valence-corrected chi connectivity index (χ4v) is 3.58. The molecule has 0 saturated heterocycles. The Morgan fingerprint density at radius 1 is 0.931 bits per heavy atom. The third-order valence-corrected chi connectivity index (χ3v) is 5.17. The van der Waals surface area contributed by atoms with Gasteiger partial charge in [-0.25, -0.2) is 0 Å². The van der Waals surface area contributed by atoms with Crippen molar-refractivity contribution in [3.8, 4) is 0 Å². The van der Waals surface area contributed by atoms with E-state index in [1.807, 2.05) is 0 Å². The fourth-order valence-electron chi connectivity index (χ4n) is 2.63. The lowest BCUT2D eigenvalue weighted by Gasteiger charge is -2.05. The zero-order valence-corrected chi connectivity index (χ0v) is 18.1. The summed E-state index contributed by atoms with van der Waals surface area (Å²) in [6, 6.07) is 11.2. The summed E-state index contributed by atoms with van der Waals surface area (Å²) in [5, 5.41) is 4.22. The summed E-state index contributed by atoms with van der Waals surface area (Å²) < 4.78 is 1.73. The van der Waals surface area contributed by atoms with Gasteiger partial charge in [0.2, 0.25) is 5.91 Å². The van der Waals surface area contributed by atoms with E-state index in [1.165, 1.54) is 12.1 Å². The normalized spacial score (nSPS) is 11.1. The van der Waals surface area contributed by atoms with E-state index in [0.717, 1.165) is 0 Å². The van der Waals surface area contributed by atoms with Crippen LogP contribution in [0.5, 0.6) is 0 Å². The zero-order chi connectivity index (χ0) is 21.1. The molecule has 29 heavy (non-hydrogen) atoms. The molecular formula is C21H14Cl4N2O2. The molecule has 0 saturated carbocycles. The standard InChI is InChI=1S/C21H14Cl4N2O2/c1-27-11-12(21(29)16-5-2-13(22)9-17(16)24)8-15(27)4-7-20(28)26-19-6-3-14(23)10-18(19)25/h2-11H,1H3,(H,26,28). The third-order valence-electron chi connectivity index (χ3n) is 4.08. The van der Waals surface area contributed by atoms with Gasteiger partial charge in [0.25, 0.3) is 0 Å². The predicted octanol–water partition coefficient (Wildman–Crippen LogP) is 6.52. The molecule has 0 unspecified atom stereocenters. The molecule has 0 fully saturated rings. The summed E-state index contributed by atoms with van der Waals surface area (Å²) in [6.45, 7) is 0. The third kappa shape index (κ3) is 5.22. The minimum atomic E-state index is -0.371. The van der Waals surface area contributed by atoms with E-state index in [-0.39, 0.29) is 16.7 Å². The number of hydrogen-bond donors (Lipinski definition) is 1. The van der Waals surface area contributed by atoms with Crippen molar-refractivity contribution < 1.29 is 9.59 Å². The van der Waals surface area contributed by atoms with Crippen LogP contribution in [-0.2, 0) is 11.8 Å². The number of ketones is 1. The molecule has 2 aromatic carbocycles. The second-order valence-corrected chi connectivity index (χ2v) is 7.85. The number of nitrogens with zero attached hydrogens (tertiary/aromatic N) is 1. The summed E-state index contributed by atoms with van der Waals surface area (Å²) in [4.78, 5) is 24.9. The van der Waals surface area contributed by atoms with Crippen LogP contribution in [-0.4, -0.2) is 16.3 Å². The van der Waals surface area contributed by atoms with E-state index in [9.17, 15) is 9.59 Å². The van der Waals surface area contributed by atoms with E-state index in [2.05, 4.69) is 5.32 Å². The lowest BCUT2D eigenvalue weighted by Crippen LogP contribution is -2.08. The Balaban J connectivity index is 1.76. The van der Waals surface area contributed by atoms with Gasteiger partial charge in [-0.05, 0) is 48.5 Å². The molecule has 0 bridgehead atoms. The van der Waals surface area contributed by atoms with Crippen LogP contribution >= 0.6 is 46.4 Å². The van der Waals surface area contributed by atoms with E-state index >= 15 is 0 Å². The number of benzene rings is 2. The van der Waals surface area contributed by atoms with Crippen molar-refractivity contribution in [1.29, 1.82) is 0 Å². The van der Waals surface area contributed by atoms with Crippen LogP contribution in [0.4, 0.5) is 5.69 Å². The van der Waals surface area contributed by atoms with Crippen molar-refractivity contribution in [2.24, 2.45) is 7.05 Å². The van der Waals surface area contributed by atoms with Gasteiger partial charge in [-0.1, -0.05) is 46.4 Å². The highest BCUT2D eigenvalue weighted by atomic mass is 35.5. The molecule has 148 valence electrons. The number of hydrogen-bond acceptors (Lipinski definition) is 2. The second-order valence-electron chi connectivity index (χ2n) is 6.16. The second kappa shape index (κ2) is 9.06. The molecule has 1 aromatic heterocycles. The topological polar surface area (TPSA) is 51.1 Å². The maximum Gasteiger partial charge on any atom is 0.248 e. The van der Waals surface area contributed by atoms with Crippen molar-refractivity contribution >= 4 is 69.9 Å². The van der Waals surface area contributed by atoms with Crippen molar-refractivity contribution in [1.82, 2.24) is 4.57 Å². The van der Waals surface area contributed by atoms with E-state index < -0.39 is 0 Å². The fraction of sp³-hybridized carbons (Fsp3) is 0.0476. The van der Waals surface area contributed by atoms with Gasteiger partial charge in [0.1, 0.15) is 0 Å². The molecule has 3 rings (SSSR count). The molecule has 0 radical (unpaired) electrons. The number of nitrogens with one attached hydrogen (secondary N) is 1. The van der Waals surface area contributed by atoms with E-state index in [1.54, 1.807) is 60.3 Å². The minimum absolute atomic E-state index is 0.237. The van der Waals surface area contributed by atoms with Crippen LogP contribution < -0.4 is 5.32 Å². The number of carbonyl (C=O) groups is 2. The first kappa shape index (κ1) is 21.5. The summed E-state index contributed by atoms with van der Waals surface area (Å²) in [6.07, 6.45) is 4.62. The highest BCUT2D eigenvalue weighted by Gasteiger charge is 2.15. The molecule has 0 aliphatic heterocycles. The molecule has 8 heteroatoms. The molecular weight excluding hydrogens is 454 g/mol. The van der Waals surface area contributed by atoms with Gasteiger partial charge in [-0.15, -0.1) is 0 Å². The summed E-state index contributed by atoms with van der Waals surface area (Å²) in [5.41, 5.74) is 1.91. The summed E-state index contributed by atoms with van der Waals surface area (Å²) in [7, 11) is 1.77. The van der Waals surface area contributed by atoms with Gasteiger partial charge in [0.05, 0.1) is 15.7 Å². The molecule has 0 aliphatic carbocycles. The molecule has 1 N–H and O–H groups in total. The number of rotatable bonds is 5. The maximum absolute atomic E-state index is 12.7. The van der Waals surface area contributed by atoms with Gasteiger partial charge in [0.15, 0.2) is 5.78 Å². The Hall–Kier alpha value is -2.24. The Bertz CT molecular complexity index is 1140. The van der Waals surface area contributed by atoms with Gasteiger partial charge < -0.3 is 9.88 Å². The molecule has 0 spiro atoms. The van der Waals surface area contributed by atoms with Crippen LogP contribution in [0.2, 0.25) is 20.1 Å². The van der Waals surface area contributed by atoms with Crippen LogP contribution in [0.3, 0.4) is 0 Å². The monoisotopic (exact) mass is 466 g/mol. The Labute approximate surface area is 187 Å². The number of anilines is 1. The average Bonchev–Trinajstić information content (AvgIpc) is 3.03. The van der Waals surface area contributed by atoms with Crippen molar-refractivity contribution in [2.45, 2.75) is 0 Å². The van der Waals surface area contributed by atoms with Crippen LogP contribution in [0.15, 0.2) is 54.7 Å². The van der Waals surface area contributed by atoms with E-state index in [4.69, 9.17) is 46.4 Å². The molecule has 0 atom stereocenters. The zero-order valence-electron chi connectivity index (χ0n) is 15.0. The first-order valence-electron chi connectivity index (χ1n) is 8.35. The molecule has 4 nitrogen and oxygen atoms in total. The smallest absolute Gasteiger partial charge is 0.248 e. The summed E-state index contributed by atoms with van der Waals surface area (Å²) in [5.74, 6) is -0.608. The average molecular weight is 468 g/mol. The lowest BCUT2D eigenvalue weighted by atomic mass is 10.1. The number of carbonyl (C=O) groups excluding carboxylic acids is 2. The largest absolute Gasteiger partial charge is 0.350 e. The first-order chi connectivity index (χ1) is 13.7. The van der Waals surface area contributed by atoms with Crippen LogP contribution in [0.25, 0.3) is 6.08 Å². The lowest BCUT2D eigenvalue weighted by molar-refractivity contribution is -0.111. The quantitative estimate of drug-likeness (QED) is 0.343. The Kier molecular flexibility index (Phi) is 6.70. The Morgan fingerprint density at radius 3 is 2.24 bits per heavy atom. The van der Waals surface area contributed by atoms with Gasteiger partial charge >= 0.3 is 0 Å². The van der Waals surface area contributed by atoms with Crippen molar-refractivity contribution in [3.05, 3.63) is 91.6 Å². The van der Waals surface area contributed by atoms with Crippen molar-refractivity contribution in [3.63, 3.8) is 0 Å². The number of aromatic nitrogens is 1. The summed E-state index contributed by atoms with van der Waals surface area (Å²) >= 11 is 23.9. The minimum Gasteiger partial charge on any atom is -0.350 e. The van der Waals surface area contributed by atoms with Crippen LogP contribution in [0.1, 0.15) is 21.6 Å². The van der Waals surface area contributed by atoms with Crippen molar-refractivity contribution in [2.75, 3.05) is 5.32 Å². The molecule has 1 amide bonds. The number of aryl methyl sites for hydroxylation is 1. The molecule has 0 aliphatic rings. The maximum atomic E-state index is 12.7. The van der Waals surface area contributed by atoms with Gasteiger partial charge in [-0.2, -0.15) is 0 Å². The number of amides is 1. The highest BCUT2D eigenvalue weighted by molar-refractivity contribution is 6.38. The highest BCUT2D eigenvalue weighted by Crippen LogP contribution is 2.26. The SMILES string of the molecule is Cn1cc(C(=O)c2ccc(Cl)cc2Cl)cc1C=CC(=O)Nc1ccc(Cl)cc1Cl. The van der Waals surface area contributed by atoms with Crippen LogP contribution in [0, 0.1) is 0 Å². The molecule has 1 heterocycles.